The van der Waals surface area contributed by atoms with Gasteiger partial charge in [0.05, 0.1) is 6.20 Å². The first-order valence-electron chi connectivity index (χ1n) is 5.12. The Balaban J connectivity index is 2.23. The Bertz CT molecular complexity index is 689. The first-order chi connectivity index (χ1) is 8.24. The maximum atomic E-state index is 13.7. The second-order valence-corrected chi connectivity index (χ2v) is 3.80. The van der Waals surface area contributed by atoms with Crippen LogP contribution in [0, 0.1) is 11.6 Å². The summed E-state index contributed by atoms with van der Waals surface area (Å²) in [6.07, 6.45) is 1.54. The molecule has 1 N–H and O–H groups in total. The van der Waals surface area contributed by atoms with Crippen molar-refractivity contribution in [1.82, 2.24) is 10.2 Å². The Morgan fingerprint density at radius 1 is 1.00 bits per heavy atom. The summed E-state index contributed by atoms with van der Waals surface area (Å²) in [6.45, 7) is 0. The molecule has 0 amide bonds. The molecule has 0 fully saturated rings. The van der Waals surface area contributed by atoms with Gasteiger partial charge >= 0.3 is 0 Å². The van der Waals surface area contributed by atoms with Gasteiger partial charge in [0.2, 0.25) is 0 Å². The van der Waals surface area contributed by atoms with Crippen LogP contribution in [0.4, 0.5) is 8.78 Å². The van der Waals surface area contributed by atoms with E-state index in [1.54, 1.807) is 24.4 Å². The second kappa shape index (κ2) is 3.66. The van der Waals surface area contributed by atoms with E-state index in [1.807, 2.05) is 0 Å². The van der Waals surface area contributed by atoms with Crippen molar-refractivity contribution < 1.29 is 8.78 Å². The molecule has 1 aromatic heterocycles. The molecule has 0 aliphatic carbocycles. The lowest BCUT2D eigenvalue weighted by atomic mass is 10.0. The van der Waals surface area contributed by atoms with E-state index in [0.29, 0.717) is 22.0 Å². The van der Waals surface area contributed by atoms with E-state index in [9.17, 15) is 8.78 Å². The lowest BCUT2D eigenvalue weighted by Crippen LogP contribution is -1.84. The zero-order valence-corrected chi connectivity index (χ0v) is 8.74. The molecule has 0 bridgehead atoms. The fourth-order valence-corrected chi connectivity index (χ4v) is 1.85. The van der Waals surface area contributed by atoms with Gasteiger partial charge in [-0.05, 0) is 35.4 Å². The molecule has 0 saturated heterocycles. The molecule has 0 aliphatic rings. The van der Waals surface area contributed by atoms with Gasteiger partial charge in [-0.25, -0.2) is 8.78 Å². The Morgan fingerprint density at radius 2 is 1.88 bits per heavy atom. The fourth-order valence-electron chi connectivity index (χ4n) is 1.85. The number of benzene rings is 2. The third-order valence-electron chi connectivity index (χ3n) is 2.66. The van der Waals surface area contributed by atoms with Gasteiger partial charge in [0.1, 0.15) is 17.2 Å². The van der Waals surface area contributed by atoms with E-state index in [1.165, 1.54) is 18.2 Å². The minimum atomic E-state index is -0.390. The molecule has 3 rings (SSSR count). The van der Waals surface area contributed by atoms with Gasteiger partial charge in [0, 0.05) is 5.39 Å². The molecule has 4 heteroatoms. The molecule has 17 heavy (non-hydrogen) atoms. The molecule has 0 radical (unpaired) electrons. The van der Waals surface area contributed by atoms with Crippen molar-refractivity contribution in [3.63, 3.8) is 0 Å². The summed E-state index contributed by atoms with van der Waals surface area (Å²) in [5.41, 5.74) is 1.65. The molecule has 0 atom stereocenters. The average Bonchev–Trinajstić information content (AvgIpc) is 2.77. The van der Waals surface area contributed by atoms with Crippen molar-refractivity contribution in [2.45, 2.75) is 0 Å². The Morgan fingerprint density at radius 3 is 2.71 bits per heavy atom. The van der Waals surface area contributed by atoms with Crippen LogP contribution in [-0.4, -0.2) is 10.2 Å². The average molecular weight is 230 g/mol. The number of fused-ring (bicyclic) bond motifs is 1. The first-order valence-corrected chi connectivity index (χ1v) is 5.12. The van der Waals surface area contributed by atoms with Gasteiger partial charge in [-0.2, -0.15) is 5.10 Å². The summed E-state index contributed by atoms with van der Waals surface area (Å²) in [5.74, 6) is -0.727. The van der Waals surface area contributed by atoms with Crippen molar-refractivity contribution in [2.75, 3.05) is 0 Å². The van der Waals surface area contributed by atoms with Gasteiger partial charge in [0.15, 0.2) is 0 Å². The Kier molecular flexibility index (Phi) is 2.14. The highest BCUT2D eigenvalue weighted by Crippen LogP contribution is 2.26. The summed E-state index contributed by atoms with van der Waals surface area (Å²) in [4.78, 5) is 0. The van der Waals surface area contributed by atoms with E-state index in [0.717, 1.165) is 0 Å². The number of nitrogens with zero attached hydrogens (tertiary/aromatic N) is 1. The van der Waals surface area contributed by atoms with E-state index in [2.05, 4.69) is 10.2 Å². The fraction of sp³-hybridized carbons (Fsp3) is 0. The van der Waals surface area contributed by atoms with Crippen LogP contribution < -0.4 is 0 Å². The summed E-state index contributed by atoms with van der Waals surface area (Å²) in [7, 11) is 0. The van der Waals surface area contributed by atoms with Crippen LogP contribution in [0.15, 0.2) is 42.6 Å². The molecule has 1 heterocycles. The Hall–Kier alpha value is -2.23. The second-order valence-electron chi connectivity index (χ2n) is 3.80. The largest absolute Gasteiger partial charge is 0.275 e. The van der Waals surface area contributed by atoms with Crippen molar-refractivity contribution in [2.24, 2.45) is 0 Å². The van der Waals surface area contributed by atoms with Crippen LogP contribution in [0.1, 0.15) is 0 Å². The van der Waals surface area contributed by atoms with Gasteiger partial charge in [-0.1, -0.05) is 12.1 Å². The zero-order chi connectivity index (χ0) is 11.8. The smallest absolute Gasteiger partial charge is 0.149 e. The van der Waals surface area contributed by atoms with E-state index >= 15 is 0 Å². The topological polar surface area (TPSA) is 28.7 Å². The summed E-state index contributed by atoms with van der Waals surface area (Å²) in [6, 6.07) is 9.22. The van der Waals surface area contributed by atoms with E-state index in [4.69, 9.17) is 0 Å². The molecule has 0 aliphatic heterocycles. The SMILES string of the molecule is Fc1cccc(-c2cc(F)c3[nH]ncc3c2)c1. The predicted octanol–water partition coefficient (Wildman–Crippen LogP) is 3.51. The van der Waals surface area contributed by atoms with Crippen molar-refractivity contribution in [3.8, 4) is 11.1 Å². The first kappa shape index (κ1) is 9.96. The summed E-state index contributed by atoms with van der Waals surface area (Å²) in [5, 5.41) is 7.02. The molecule has 3 aromatic rings. The normalized spacial score (nSPS) is 10.9. The summed E-state index contributed by atoms with van der Waals surface area (Å²) < 4.78 is 26.8. The molecular weight excluding hydrogens is 222 g/mol. The van der Waals surface area contributed by atoms with Gasteiger partial charge < -0.3 is 0 Å². The zero-order valence-electron chi connectivity index (χ0n) is 8.74. The highest BCUT2D eigenvalue weighted by molar-refractivity contribution is 5.84. The summed E-state index contributed by atoms with van der Waals surface area (Å²) >= 11 is 0. The van der Waals surface area contributed by atoms with Gasteiger partial charge in [0.25, 0.3) is 0 Å². The maximum Gasteiger partial charge on any atom is 0.149 e. The predicted molar refractivity (Wildman–Crippen MR) is 61.4 cm³/mol. The van der Waals surface area contributed by atoms with Crippen LogP contribution in [0.2, 0.25) is 0 Å². The molecule has 0 spiro atoms. The maximum absolute atomic E-state index is 13.7. The molecule has 0 saturated carbocycles. The quantitative estimate of drug-likeness (QED) is 0.680. The van der Waals surface area contributed by atoms with Crippen LogP contribution in [0.25, 0.3) is 22.0 Å². The number of hydrogen-bond donors (Lipinski definition) is 1. The monoisotopic (exact) mass is 230 g/mol. The third kappa shape index (κ3) is 1.67. The van der Waals surface area contributed by atoms with Crippen molar-refractivity contribution in [1.29, 1.82) is 0 Å². The standard InChI is InChI=1S/C13H8F2N2/c14-11-3-1-2-8(5-11)9-4-10-7-16-17-13(10)12(15)6-9/h1-7H,(H,16,17). The lowest BCUT2D eigenvalue weighted by Gasteiger charge is -2.02. The molecule has 0 unspecified atom stereocenters. The van der Waals surface area contributed by atoms with Crippen LogP contribution in [-0.2, 0) is 0 Å². The molecule has 2 aromatic carbocycles. The molecule has 2 nitrogen and oxygen atoms in total. The number of halogens is 2. The minimum Gasteiger partial charge on any atom is -0.275 e. The number of rotatable bonds is 1. The van der Waals surface area contributed by atoms with Crippen LogP contribution in [0.3, 0.4) is 0 Å². The van der Waals surface area contributed by atoms with Crippen LogP contribution in [0.5, 0.6) is 0 Å². The number of aromatic amines is 1. The molecule has 84 valence electrons. The van der Waals surface area contributed by atoms with E-state index in [-0.39, 0.29) is 11.6 Å². The van der Waals surface area contributed by atoms with Crippen molar-refractivity contribution >= 4 is 10.9 Å². The van der Waals surface area contributed by atoms with Gasteiger partial charge in [-0.3, -0.25) is 5.10 Å². The number of hydrogen-bond acceptors (Lipinski definition) is 1. The Labute approximate surface area is 95.9 Å². The van der Waals surface area contributed by atoms with Crippen LogP contribution >= 0.6 is 0 Å². The third-order valence-corrected chi connectivity index (χ3v) is 2.66. The lowest BCUT2D eigenvalue weighted by molar-refractivity contribution is 0.628. The number of aromatic nitrogens is 2. The number of nitrogens with one attached hydrogen (secondary N) is 1. The highest BCUT2D eigenvalue weighted by atomic mass is 19.1. The number of H-pyrrole nitrogens is 1. The molecular formula is C13H8F2N2. The van der Waals surface area contributed by atoms with Crippen molar-refractivity contribution in [3.05, 3.63) is 54.2 Å². The van der Waals surface area contributed by atoms with E-state index < -0.39 is 0 Å². The highest BCUT2D eigenvalue weighted by Gasteiger charge is 2.07. The minimum absolute atomic E-state index is 0.338. The van der Waals surface area contributed by atoms with Gasteiger partial charge in [-0.15, -0.1) is 0 Å².